The smallest absolute Gasteiger partial charge is 0.247 e. The highest BCUT2D eigenvalue weighted by Crippen LogP contribution is 2.35. The third kappa shape index (κ3) is 5.30. The topological polar surface area (TPSA) is 45.2 Å². The Balaban J connectivity index is 1.90. The summed E-state index contributed by atoms with van der Waals surface area (Å²) in [7, 11) is 1.93. The molecule has 3 rings (SSSR count). The molecular weight excluding hydrogens is 382 g/mol. The van der Waals surface area contributed by atoms with Gasteiger partial charge in [-0.3, -0.25) is 9.78 Å². The van der Waals surface area contributed by atoms with E-state index >= 15 is 0 Å². The van der Waals surface area contributed by atoms with Gasteiger partial charge in [-0.1, -0.05) is 63.8 Å². The van der Waals surface area contributed by atoms with E-state index in [-0.39, 0.29) is 17.4 Å². The number of carbonyl (C=O) groups is 1. The van der Waals surface area contributed by atoms with Crippen LogP contribution in [-0.2, 0) is 10.2 Å². The molecule has 1 fully saturated rings. The van der Waals surface area contributed by atoms with Crippen molar-refractivity contribution in [1.82, 2.24) is 10.3 Å². The van der Waals surface area contributed by atoms with Crippen LogP contribution in [0.1, 0.15) is 70.0 Å². The van der Waals surface area contributed by atoms with Gasteiger partial charge in [-0.25, -0.2) is 0 Å². The Bertz CT molecular complexity index is 826. The molecule has 1 aliphatic carbocycles. The van der Waals surface area contributed by atoms with E-state index in [1.807, 2.05) is 36.2 Å². The second kappa shape index (κ2) is 9.17. The molecule has 1 heterocycles. The molecular formula is C24H32ClN3O. The van der Waals surface area contributed by atoms with Gasteiger partial charge in [-0.2, -0.15) is 0 Å². The second-order valence-electron chi connectivity index (χ2n) is 9.06. The van der Waals surface area contributed by atoms with E-state index in [1.165, 1.54) is 24.8 Å². The minimum Gasteiger partial charge on any atom is -0.358 e. The molecule has 1 saturated carbocycles. The molecule has 156 valence electrons. The van der Waals surface area contributed by atoms with Crippen molar-refractivity contribution < 1.29 is 4.79 Å². The minimum atomic E-state index is -0.483. The molecule has 0 radical (unpaired) electrons. The molecule has 1 aromatic carbocycles. The van der Waals surface area contributed by atoms with Crippen LogP contribution in [-0.4, -0.2) is 24.0 Å². The Hall–Kier alpha value is -2.07. The van der Waals surface area contributed by atoms with Gasteiger partial charge in [0, 0.05) is 31.0 Å². The second-order valence-corrected chi connectivity index (χ2v) is 9.47. The summed E-state index contributed by atoms with van der Waals surface area (Å²) in [6, 6.07) is 9.70. The van der Waals surface area contributed by atoms with Gasteiger partial charge in [-0.05, 0) is 42.0 Å². The Labute approximate surface area is 179 Å². The van der Waals surface area contributed by atoms with E-state index in [1.54, 1.807) is 12.4 Å². The molecule has 0 saturated heterocycles. The van der Waals surface area contributed by atoms with Gasteiger partial charge in [-0.15, -0.1) is 0 Å². The van der Waals surface area contributed by atoms with Crippen LogP contribution in [0.4, 0.5) is 5.69 Å². The van der Waals surface area contributed by atoms with Crippen molar-refractivity contribution in [2.24, 2.45) is 0 Å². The first-order valence-corrected chi connectivity index (χ1v) is 10.9. The lowest BCUT2D eigenvalue weighted by atomic mass is 9.87. The van der Waals surface area contributed by atoms with Crippen molar-refractivity contribution in [3.8, 4) is 0 Å². The average Bonchev–Trinajstić information content (AvgIpc) is 2.69. The van der Waals surface area contributed by atoms with E-state index in [4.69, 9.17) is 11.6 Å². The first-order valence-electron chi connectivity index (χ1n) is 10.5. The summed E-state index contributed by atoms with van der Waals surface area (Å²) in [4.78, 5) is 19.5. The minimum absolute atomic E-state index is 0.00312. The highest BCUT2D eigenvalue weighted by atomic mass is 35.5. The Morgan fingerprint density at radius 2 is 1.93 bits per heavy atom. The zero-order valence-electron chi connectivity index (χ0n) is 17.9. The lowest BCUT2D eigenvalue weighted by Crippen LogP contribution is -2.44. The summed E-state index contributed by atoms with van der Waals surface area (Å²) in [6.07, 6.45) is 9.21. The lowest BCUT2D eigenvalue weighted by molar-refractivity contribution is -0.123. The third-order valence-electron chi connectivity index (χ3n) is 5.78. The predicted octanol–water partition coefficient (Wildman–Crippen LogP) is 5.66. The Kier molecular flexibility index (Phi) is 6.84. The van der Waals surface area contributed by atoms with E-state index < -0.39 is 6.04 Å². The summed E-state index contributed by atoms with van der Waals surface area (Å²) in [5.74, 6) is 0.00312. The van der Waals surface area contributed by atoms with Crippen LogP contribution in [0.25, 0.3) is 0 Å². The fourth-order valence-corrected chi connectivity index (χ4v) is 4.33. The Morgan fingerprint density at radius 3 is 2.52 bits per heavy atom. The molecule has 0 bridgehead atoms. The number of hydrogen-bond acceptors (Lipinski definition) is 3. The molecule has 1 unspecified atom stereocenters. The monoisotopic (exact) mass is 413 g/mol. The van der Waals surface area contributed by atoms with Gasteiger partial charge in [0.15, 0.2) is 0 Å². The van der Waals surface area contributed by atoms with E-state index in [0.29, 0.717) is 5.02 Å². The molecule has 1 N–H and O–H groups in total. The predicted molar refractivity (Wildman–Crippen MR) is 121 cm³/mol. The van der Waals surface area contributed by atoms with Crippen molar-refractivity contribution in [2.75, 3.05) is 11.9 Å². The van der Waals surface area contributed by atoms with Gasteiger partial charge in [0.1, 0.15) is 6.04 Å². The van der Waals surface area contributed by atoms with Crippen LogP contribution in [0.15, 0.2) is 42.7 Å². The number of likely N-dealkylation sites (N-methyl/N-ethyl adjacent to an activating group) is 1. The van der Waals surface area contributed by atoms with Crippen LogP contribution in [0, 0.1) is 0 Å². The van der Waals surface area contributed by atoms with Crippen LogP contribution < -0.4 is 10.2 Å². The molecule has 5 heteroatoms. The van der Waals surface area contributed by atoms with Crippen molar-refractivity contribution in [3.63, 3.8) is 0 Å². The molecule has 1 aliphatic rings. The maximum Gasteiger partial charge on any atom is 0.247 e. The largest absolute Gasteiger partial charge is 0.358 e. The maximum absolute atomic E-state index is 13.3. The molecule has 0 spiro atoms. The molecule has 2 aromatic rings. The standard InChI is InChI=1S/C24H32ClN3O/c1-24(2,3)18-12-13-21(20(25)15-18)28(4)22(17-9-8-14-26-16-17)23(29)27-19-10-6-5-7-11-19/h8-9,12-16,19,22H,5-7,10-11H2,1-4H3,(H,27,29). The number of nitrogens with zero attached hydrogens (tertiary/aromatic N) is 2. The van der Waals surface area contributed by atoms with Gasteiger partial charge >= 0.3 is 0 Å². The number of pyridine rings is 1. The summed E-state index contributed by atoms with van der Waals surface area (Å²) < 4.78 is 0. The first kappa shape index (κ1) is 21.6. The van der Waals surface area contributed by atoms with Crippen LogP contribution in [0.2, 0.25) is 5.02 Å². The molecule has 1 aromatic heterocycles. The van der Waals surface area contributed by atoms with Gasteiger partial charge in [0.2, 0.25) is 5.91 Å². The van der Waals surface area contributed by atoms with Gasteiger partial charge in [0.25, 0.3) is 0 Å². The van der Waals surface area contributed by atoms with Crippen LogP contribution >= 0.6 is 11.6 Å². The third-order valence-corrected chi connectivity index (χ3v) is 6.08. The van der Waals surface area contributed by atoms with Crippen LogP contribution in [0.5, 0.6) is 0 Å². The zero-order valence-corrected chi connectivity index (χ0v) is 18.7. The molecule has 1 amide bonds. The number of hydrogen-bond donors (Lipinski definition) is 1. The number of nitrogens with one attached hydrogen (secondary N) is 1. The quantitative estimate of drug-likeness (QED) is 0.687. The van der Waals surface area contributed by atoms with Crippen molar-refractivity contribution in [3.05, 3.63) is 58.9 Å². The number of rotatable bonds is 5. The number of anilines is 1. The number of halogens is 1. The van der Waals surface area contributed by atoms with Crippen molar-refractivity contribution in [2.45, 2.75) is 70.4 Å². The average molecular weight is 414 g/mol. The fraction of sp³-hybridized carbons (Fsp3) is 0.500. The maximum atomic E-state index is 13.3. The number of carbonyl (C=O) groups excluding carboxylic acids is 1. The van der Waals surface area contributed by atoms with Gasteiger partial charge in [0.05, 0.1) is 10.7 Å². The summed E-state index contributed by atoms with van der Waals surface area (Å²) >= 11 is 6.67. The van der Waals surface area contributed by atoms with E-state index in [9.17, 15) is 4.79 Å². The number of amides is 1. The molecule has 0 aliphatic heterocycles. The molecule has 1 atom stereocenters. The summed E-state index contributed by atoms with van der Waals surface area (Å²) in [5.41, 5.74) is 2.89. The van der Waals surface area contributed by atoms with Crippen LogP contribution in [0.3, 0.4) is 0 Å². The van der Waals surface area contributed by atoms with E-state index in [2.05, 4.69) is 37.1 Å². The SMILES string of the molecule is CN(c1ccc(C(C)(C)C)cc1Cl)C(C(=O)NC1CCCCC1)c1cccnc1. The lowest BCUT2D eigenvalue weighted by Gasteiger charge is -2.33. The zero-order chi connectivity index (χ0) is 21.0. The van der Waals surface area contributed by atoms with E-state index in [0.717, 1.165) is 24.1 Å². The number of benzene rings is 1. The normalized spacial score (nSPS) is 16.3. The summed E-state index contributed by atoms with van der Waals surface area (Å²) in [5, 5.41) is 3.92. The first-order chi connectivity index (χ1) is 13.8. The molecule has 29 heavy (non-hydrogen) atoms. The van der Waals surface area contributed by atoms with Crippen molar-refractivity contribution >= 4 is 23.2 Å². The fourth-order valence-electron chi connectivity index (χ4n) is 4.01. The highest BCUT2D eigenvalue weighted by molar-refractivity contribution is 6.33. The Morgan fingerprint density at radius 1 is 1.21 bits per heavy atom. The summed E-state index contributed by atoms with van der Waals surface area (Å²) in [6.45, 7) is 6.49. The van der Waals surface area contributed by atoms with Gasteiger partial charge < -0.3 is 10.2 Å². The molecule has 4 nitrogen and oxygen atoms in total. The number of aromatic nitrogens is 1. The van der Waals surface area contributed by atoms with Crippen molar-refractivity contribution in [1.29, 1.82) is 0 Å². The highest BCUT2D eigenvalue weighted by Gasteiger charge is 2.29.